The molecule has 186 valence electrons. The van der Waals surface area contributed by atoms with Crippen molar-refractivity contribution in [1.82, 2.24) is 14.3 Å². The van der Waals surface area contributed by atoms with Crippen molar-refractivity contribution < 1.29 is 4.79 Å². The number of carbonyl (C=O) groups is 1. The van der Waals surface area contributed by atoms with E-state index in [2.05, 4.69) is 17.4 Å². The molecule has 1 N–H and O–H groups in total. The Kier molecular flexibility index (Phi) is 7.41. The van der Waals surface area contributed by atoms with E-state index in [1.165, 1.54) is 26.6 Å². The van der Waals surface area contributed by atoms with Gasteiger partial charge in [-0.15, -0.1) is 0 Å². The summed E-state index contributed by atoms with van der Waals surface area (Å²) < 4.78 is 1.92. The van der Waals surface area contributed by atoms with Crippen molar-refractivity contribution in [2.75, 3.05) is 11.9 Å². The van der Waals surface area contributed by atoms with Gasteiger partial charge in [-0.05, 0) is 48.2 Å². The Morgan fingerprint density at radius 3 is 2.59 bits per heavy atom. The van der Waals surface area contributed by atoms with Gasteiger partial charge in [-0.2, -0.15) is 0 Å². The molecule has 1 aliphatic rings. The SMILES string of the molecule is Cc1ccc2nc(NCCc3ccccc3)c(/C=C3/SC(=S)N(Cc4ccccc4Cl)C3=O)c(=O)n2c1. The van der Waals surface area contributed by atoms with Gasteiger partial charge in [0.15, 0.2) is 0 Å². The summed E-state index contributed by atoms with van der Waals surface area (Å²) in [4.78, 5) is 33.5. The summed E-state index contributed by atoms with van der Waals surface area (Å²) in [5.41, 5.74) is 3.49. The van der Waals surface area contributed by atoms with Gasteiger partial charge < -0.3 is 5.32 Å². The molecule has 0 spiro atoms. The third-order valence-corrected chi connectivity index (χ3v) is 7.74. The number of thioether (sulfide) groups is 1. The first kappa shape index (κ1) is 25.2. The maximum atomic E-state index is 13.6. The number of nitrogens with zero attached hydrogens (tertiary/aromatic N) is 3. The third kappa shape index (κ3) is 5.46. The molecular formula is C28H23ClN4O2S2. The fourth-order valence-corrected chi connectivity index (χ4v) is 5.49. The Morgan fingerprint density at radius 2 is 1.81 bits per heavy atom. The highest BCUT2D eigenvalue weighted by atomic mass is 35.5. The fraction of sp³-hybridized carbons (Fsp3) is 0.143. The predicted molar refractivity (Wildman–Crippen MR) is 155 cm³/mol. The second-order valence-corrected chi connectivity index (χ2v) is 10.7. The molecule has 1 saturated heterocycles. The molecule has 0 bridgehead atoms. The summed E-state index contributed by atoms with van der Waals surface area (Å²) >= 11 is 13.0. The molecule has 9 heteroatoms. The monoisotopic (exact) mass is 546 g/mol. The van der Waals surface area contributed by atoms with Gasteiger partial charge in [-0.3, -0.25) is 18.9 Å². The summed E-state index contributed by atoms with van der Waals surface area (Å²) in [5.74, 6) is 0.167. The Labute approximate surface area is 229 Å². The summed E-state index contributed by atoms with van der Waals surface area (Å²) in [7, 11) is 0. The number of anilines is 1. The quantitative estimate of drug-likeness (QED) is 0.236. The lowest BCUT2D eigenvalue weighted by atomic mass is 10.1. The zero-order valence-corrected chi connectivity index (χ0v) is 22.4. The molecule has 1 aliphatic heterocycles. The first-order chi connectivity index (χ1) is 17.9. The minimum absolute atomic E-state index is 0.257. The number of aromatic nitrogens is 2. The van der Waals surface area contributed by atoms with E-state index in [4.69, 9.17) is 28.8 Å². The minimum Gasteiger partial charge on any atom is -0.369 e. The first-order valence-electron chi connectivity index (χ1n) is 11.7. The van der Waals surface area contributed by atoms with Crippen molar-refractivity contribution in [2.45, 2.75) is 19.9 Å². The molecule has 0 radical (unpaired) electrons. The lowest BCUT2D eigenvalue weighted by molar-refractivity contribution is -0.122. The summed E-state index contributed by atoms with van der Waals surface area (Å²) in [6.45, 7) is 2.75. The molecule has 1 amide bonds. The number of hydrogen-bond acceptors (Lipinski definition) is 6. The second-order valence-electron chi connectivity index (χ2n) is 8.64. The van der Waals surface area contributed by atoms with Crippen LogP contribution in [0.4, 0.5) is 5.82 Å². The molecule has 37 heavy (non-hydrogen) atoms. The highest BCUT2D eigenvalue weighted by Crippen LogP contribution is 2.34. The zero-order valence-electron chi connectivity index (χ0n) is 20.0. The Morgan fingerprint density at radius 1 is 1.05 bits per heavy atom. The van der Waals surface area contributed by atoms with E-state index in [9.17, 15) is 9.59 Å². The van der Waals surface area contributed by atoms with Crippen LogP contribution in [0.15, 0.2) is 82.6 Å². The molecule has 0 saturated carbocycles. The number of carbonyl (C=O) groups excluding carboxylic acids is 1. The lowest BCUT2D eigenvalue weighted by Crippen LogP contribution is -2.27. The number of amides is 1. The van der Waals surface area contributed by atoms with Crippen LogP contribution in [0.1, 0.15) is 22.3 Å². The normalized spacial score (nSPS) is 14.6. The maximum Gasteiger partial charge on any atom is 0.267 e. The smallest absolute Gasteiger partial charge is 0.267 e. The highest BCUT2D eigenvalue weighted by molar-refractivity contribution is 8.26. The topological polar surface area (TPSA) is 66.7 Å². The Bertz CT molecular complexity index is 1600. The Hall–Kier alpha value is -3.46. The van der Waals surface area contributed by atoms with E-state index in [0.29, 0.717) is 37.8 Å². The summed E-state index contributed by atoms with van der Waals surface area (Å²) in [6.07, 6.45) is 4.11. The molecule has 0 unspecified atom stereocenters. The molecule has 0 atom stereocenters. The zero-order chi connectivity index (χ0) is 25.9. The first-order valence-corrected chi connectivity index (χ1v) is 13.3. The van der Waals surface area contributed by atoms with Crippen molar-refractivity contribution in [2.24, 2.45) is 0 Å². The van der Waals surface area contributed by atoms with Crippen LogP contribution in [0.5, 0.6) is 0 Å². The molecule has 4 aromatic rings. The van der Waals surface area contributed by atoms with Crippen LogP contribution in [-0.2, 0) is 17.8 Å². The van der Waals surface area contributed by atoms with Crippen molar-refractivity contribution in [1.29, 1.82) is 0 Å². The Balaban J connectivity index is 1.49. The van der Waals surface area contributed by atoms with Crippen LogP contribution in [0, 0.1) is 6.92 Å². The van der Waals surface area contributed by atoms with Gasteiger partial charge in [0, 0.05) is 17.8 Å². The van der Waals surface area contributed by atoms with Gasteiger partial charge in [0.1, 0.15) is 15.8 Å². The molecule has 6 nitrogen and oxygen atoms in total. The fourth-order valence-electron chi connectivity index (χ4n) is 4.06. The number of pyridine rings is 1. The number of benzene rings is 2. The van der Waals surface area contributed by atoms with Crippen molar-refractivity contribution in [3.8, 4) is 0 Å². The number of nitrogens with one attached hydrogen (secondary N) is 1. The maximum absolute atomic E-state index is 13.6. The van der Waals surface area contributed by atoms with Crippen LogP contribution in [0.3, 0.4) is 0 Å². The number of fused-ring (bicyclic) bond motifs is 1. The lowest BCUT2D eigenvalue weighted by Gasteiger charge is -2.15. The van der Waals surface area contributed by atoms with Crippen LogP contribution in [0.2, 0.25) is 5.02 Å². The molecule has 5 rings (SSSR count). The number of halogens is 1. The van der Waals surface area contributed by atoms with Crippen LogP contribution < -0.4 is 10.9 Å². The van der Waals surface area contributed by atoms with Crippen LogP contribution in [0.25, 0.3) is 11.7 Å². The van der Waals surface area contributed by atoms with Crippen molar-refractivity contribution in [3.63, 3.8) is 0 Å². The standard InChI is InChI=1S/C28H23ClN4O2S2/c1-18-11-12-24-31-25(30-14-13-19-7-3-2-4-8-19)21(26(34)32(24)16-18)15-23-27(35)33(28(36)37-23)17-20-9-5-6-10-22(20)29/h2-12,15-16,30H,13-14,17H2,1H3/b23-15+. The third-order valence-electron chi connectivity index (χ3n) is 5.99. The molecule has 2 aromatic carbocycles. The predicted octanol–water partition coefficient (Wildman–Crippen LogP) is 5.71. The van der Waals surface area contributed by atoms with Gasteiger partial charge in [-0.1, -0.05) is 90.2 Å². The van der Waals surface area contributed by atoms with E-state index < -0.39 is 0 Å². The van der Waals surface area contributed by atoms with E-state index in [-0.39, 0.29) is 18.0 Å². The van der Waals surface area contributed by atoms with E-state index in [0.717, 1.165) is 17.5 Å². The van der Waals surface area contributed by atoms with Gasteiger partial charge >= 0.3 is 0 Å². The van der Waals surface area contributed by atoms with Gasteiger partial charge in [0.25, 0.3) is 11.5 Å². The average Bonchev–Trinajstić information content (AvgIpc) is 3.16. The number of thiocarbonyl (C=S) groups is 1. The number of rotatable bonds is 7. The number of hydrogen-bond donors (Lipinski definition) is 1. The van der Waals surface area contributed by atoms with Crippen LogP contribution >= 0.6 is 35.6 Å². The number of aryl methyl sites for hydroxylation is 1. The van der Waals surface area contributed by atoms with Crippen molar-refractivity contribution in [3.05, 3.63) is 115 Å². The largest absolute Gasteiger partial charge is 0.369 e. The van der Waals surface area contributed by atoms with Gasteiger partial charge in [0.2, 0.25) is 0 Å². The summed E-state index contributed by atoms with van der Waals surface area (Å²) in [6, 6.07) is 21.1. The van der Waals surface area contributed by atoms with E-state index in [1.807, 2.05) is 55.5 Å². The average molecular weight is 547 g/mol. The molecule has 2 aromatic heterocycles. The van der Waals surface area contributed by atoms with Gasteiger partial charge in [0.05, 0.1) is 17.0 Å². The minimum atomic E-state index is -0.265. The van der Waals surface area contributed by atoms with E-state index >= 15 is 0 Å². The molecular weight excluding hydrogens is 524 g/mol. The molecule has 3 heterocycles. The van der Waals surface area contributed by atoms with E-state index in [1.54, 1.807) is 18.3 Å². The molecule has 1 fully saturated rings. The molecule has 0 aliphatic carbocycles. The van der Waals surface area contributed by atoms with Crippen molar-refractivity contribution >= 4 is 63.3 Å². The highest BCUT2D eigenvalue weighted by Gasteiger charge is 2.33. The second kappa shape index (κ2) is 10.9. The summed E-state index contributed by atoms with van der Waals surface area (Å²) in [5, 5.41) is 3.88. The van der Waals surface area contributed by atoms with Crippen LogP contribution in [-0.4, -0.2) is 31.1 Å². The van der Waals surface area contributed by atoms with Gasteiger partial charge in [-0.25, -0.2) is 4.98 Å².